The number of benzene rings is 1. The van der Waals surface area contributed by atoms with Crippen molar-refractivity contribution in [2.75, 3.05) is 0 Å². The fraction of sp³-hybridized carbons (Fsp3) is 0.0909. The minimum Gasteiger partial charge on any atom is -0.248 e. The third kappa shape index (κ3) is 2.86. The summed E-state index contributed by atoms with van der Waals surface area (Å²) in [5, 5.41) is 5.01. The highest BCUT2D eigenvalue weighted by molar-refractivity contribution is 7.92. The van der Waals surface area contributed by atoms with Crippen LogP contribution < -0.4 is 5.14 Å². The Hall–Kier alpha value is -1.02. The molecule has 0 bridgehead atoms. The highest BCUT2D eigenvalue weighted by Gasteiger charge is 2.15. The summed E-state index contributed by atoms with van der Waals surface area (Å²) < 4.78 is 35.0. The Labute approximate surface area is 112 Å². The van der Waals surface area contributed by atoms with Crippen molar-refractivity contribution in [3.05, 3.63) is 42.0 Å². The van der Waals surface area contributed by atoms with Crippen molar-refractivity contribution in [1.82, 2.24) is 0 Å². The Morgan fingerprint density at radius 2 is 1.72 bits per heavy atom. The fourth-order valence-electron chi connectivity index (χ4n) is 1.33. The average molecular weight is 301 g/mol. The molecule has 7 heteroatoms. The molecule has 0 amide bonds. The van der Waals surface area contributed by atoms with E-state index in [-0.39, 0.29) is 4.21 Å². The van der Waals surface area contributed by atoms with Gasteiger partial charge in [0.25, 0.3) is 0 Å². The number of thiophene rings is 1. The Bertz CT molecular complexity index is 687. The molecule has 2 N–H and O–H groups in total. The number of rotatable bonds is 3. The topological polar surface area (TPSA) is 77.2 Å². The van der Waals surface area contributed by atoms with E-state index in [1.165, 1.54) is 12.1 Å². The maximum Gasteiger partial charge on any atom is 0.247 e. The molecule has 0 aliphatic carbocycles. The minimum atomic E-state index is -3.72. The Balaban J connectivity index is 2.35. The van der Waals surface area contributed by atoms with Crippen LogP contribution in [0.5, 0.6) is 0 Å². The standard InChI is InChI=1S/C11H11NO3S3/c1-8-2-4-9(5-3-8)17(13)10-6-7-11(16-10)18(12,14)15/h2-7H,1H3,(H2,12,14,15)/t17-/m1/s1. The van der Waals surface area contributed by atoms with Gasteiger partial charge in [-0.3, -0.25) is 0 Å². The Kier molecular flexibility index (Phi) is 3.67. The van der Waals surface area contributed by atoms with E-state index in [1.807, 2.05) is 19.1 Å². The highest BCUT2D eigenvalue weighted by atomic mass is 32.3. The minimum absolute atomic E-state index is 0.0259. The zero-order chi connectivity index (χ0) is 13.3. The summed E-state index contributed by atoms with van der Waals surface area (Å²) >= 11 is 0.934. The van der Waals surface area contributed by atoms with Crippen LogP contribution >= 0.6 is 11.3 Å². The molecule has 1 aromatic carbocycles. The third-order valence-electron chi connectivity index (χ3n) is 2.25. The van der Waals surface area contributed by atoms with E-state index in [4.69, 9.17) is 5.14 Å². The molecule has 1 aromatic heterocycles. The molecule has 0 aliphatic rings. The van der Waals surface area contributed by atoms with Crippen LogP contribution in [-0.2, 0) is 20.8 Å². The van der Waals surface area contributed by atoms with Crippen LogP contribution in [0, 0.1) is 6.92 Å². The quantitative estimate of drug-likeness (QED) is 0.940. The van der Waals surface area contributed by atoms with Gasteiger partial charge in [-0.2, -0.15) is 0 Å². The van der Waals surface area contributed by atoms with Crippen molar-refractivity contribution in [3.63, 3.8) is 0 Å². The van der Waals surface area contributed by atoms with Gasteiger partial charge in [0, 0.05) is 4.90 Å². The van der Waals surface area contributed by atoms with Crippen molar-refractivity contribution in [2.45, 2.75) is 20.2 Å². The number of nitrogens with two attached hydrogens (primary N) is 1. The molecule has 2 rings (SSSR count). The summed E-state index contributed by atoms with van der Waals surface area (Å²) in [4.78, 5) is 0.642. The van der Waals surface area contributed by atoms with Crippen LogP contribution in [-0.4, -0.2) is 12.6 Å². The number of aryl methyl sites for hydroxylation is 1. The van der Waals surface area contributed by atoms with Crippen molar-refractivity contribution in [2.24, 2.45) is 5.14 Å². The van der Waals surface area contributed by atoms with E-state index >= 15 is 0 Å². The van der Waals surface area contributed by atoms with E-state index in [2.05, 4.69) is 0 Å². The molecule has 1 heterocycles. The van der Waals surface area contributed by atoms with E-state index < -0.39 is 20.8 Å². The van der Waals surface area contributed by atoms with Gasteiger partial charge in [-0.25, -0.2) is 17.8 Å². The predicted molar refractivity (Wildman–Crippen MR) is 71.5 cm³/mol. The maximum atomic E-state index is 12.2. The first-order valence-electron chi connectivity index (χ1n) is 4.99. The molecule has 0 saturated carbocycles. The molecule has 2 aromatic rings. The van der Waals surface area contributed by atoms with Crippen LogP contribution in [0.3, 0.4) is 0 Å². The molecule has 0 aliphatic heterocycles. The second-order valence-corrected chi connectivity index (χ2v) is 8.28. The predicted octanol–water partition coefficient (Wildman–Crippen LogP) is 1.87. The lowest BCUT2D eigenvalue weighted by Crippen LogP contribution is -2.09. The molecule has 4 nitrogen and oxygen atoms in total. The highest BCUT2D eigenvalue weighted by Crippen LogP contribution is 2.26. The van der Waals surface area contributed by atoms with E-state index in [9.17, 15) is 12.6 Å². The van der Waals surface area contributed by atoms with E-state index in [0.29, 0.717) is 9.10 Å². The lowest BCUT2D eigenvalue weighted by atomic mass is 10.2. The first kappa shape index (κ1) is 13.4. The average Bonchev–Trinajstić information content (AvgIpc) is 2.78. The van der Waals surface area contributed by atoms with Crippen LogP contribution in [0.4, 0.5) is 0 Å². The summed E-state index contributed by atoms with van der Waals surface area (Å²) in [6.07, 6.45) is 0. The lowest BCUT2D eigenvalue weighted by molar-refractivity contribution is 0.600. The van der Waals surface area contributed by atoms with Gasteiger partial charge < -0.3 is 0 Å². The van der Waals surface area contributed by atoms with Crippen molar-refractivity contribution in [3.8, 4) is 0 Å². The van der Waals surface area contributed by atoms with Gasteiger partial charge in [0.1, 0.15) is 4.21 Å². The largest absolute Gasteiger partial charge is 0.248 e. The zero-order valence-corrected chi connectivity index (χ0v) is 11.9. The fourth-order valence-corrected chi connectivity index (χ4v) is 4.62. The Morgan fingerprint density at radius 1 is 1.11 bits per heavy atom. The normalized spacial score (nSPS) is 13.4. The molecule has 96 valence electrons. The first-order valence-corrected chi connectivity index (χ1v) is 8.50. The third-order valence-corrected chi connectivity index (χ3v) is 6.48. The molecule has 1 atom stereocenters. The van der Waals surface area contributed by atoms with Gasteiger partial charge in [-0.15, -0.1) is 11.3 Å². The second-order valence-electron chi connectivity index (χ2n) is 3.70. The van der Waals surface area contributed by atoms with Crippen LogP contribution in [0.1, 0.15) is 5.56 Å². The molecular formula is C11H11NO3S3. The Morgan fingerprint density at radius 3 is 2.22 bits per heavy atom. The van der Waals surface area contributed by atoms with Gasteiger partial charge in [0.2, 0.25) is 10.0 Å². The number of hydrogen-bond acceptors (Lipinski definition) is 4. The monoisotopic (exact) mass is 301 g/mol. The number of hydrogen-bond donors (Lipinski definition) is 1. The summed E-state index contributed by atoms with van der Waals surface area (Å²) in [5.41, 5.74) is 1.08. The second kappa shape index (κ2) is 4.93. The van der Waals surface area contributed by atoms with Crippen molar-refractivity contribution < 1.29 is 12.6 Å². The number of sulfonamides is 1. The van der Waals surface area contributed by atoms with E-state index in [0.717, 1.165) is 16.9 Å². The summed E-state index contributed by atoms with van der Waals surface area (Å²) in [7, 11) is -5.09. The molecule has 18 heavy (non-hydrogen) atoms. The lowest BCUT2D eigenvalue weighted by Gasteiger charge is -1.99. The molecule has 0 radical (unpaired) electrons. The summed E-state index contributed by atoms with van der Waals surface area (Å²) in [6, 6.07) is 10.2. The van der Waals surface area contributed by atoms with Gasteiger partial charge in [0.05, 0.1) is 15.0 Å². The van der Waals surface area contributed by atoms with Crippen LogP contribution in [0.2, 0.25) is 0 Å². The smallest absolute Gasteiger partial charge is 0.247 e. The van der Waals surface area contributed by atoms with Gasteiger partial charge in [0.15, 0.2) is 0 Å². The van der Waals surface area contributed by atoms with Crippen LogP contribution in [0.15, 0.2) is 49.7 Å². The van der Waals surface area contributed by atoms with Gasteiger partial charge in [-0.05, 0) is 31.2 Å². The molecule has 0 spiro atoms. The van der Waals surface area contributed by atoms with Crippen LogP contribution in [0.25, 0.3) is 0 Å². The first-order chi connectivity index (χ1) is 8.38. The van der Waals surface area contributed by atoms with Crippen molar-refractivity contribution in [1.29, 1.82) is 0 Å². The molecular weight excluding hydrogens is 290 g/mol. The molecule has 0 saturated heterocycles. The zero-order valence-electron chi connectivity index (χ0n) is 9.49. The summed E-state index contributed by atoms with van der Waals surface area (Å²) in [5.74, 6) is 0. The van der Waals surface area contributed by atoms with Gasteiger partial charge >= 0.3 is 0 Å². The SMILES string of the molecule is Cc1ccc([S@@](=O)c2ccc(S(N)(=O)=O)s2)cc1. The molecule has 0 unspecified atom stereocenters. The molecule has 0 fully saturated rings. The maximum absolute atomic E-state index is 12.2. The van der Waals surface area contributed by atoms with Gasteiger partial charge in [-0.1, -0.05) is 17.7 Å². The summed E-state index contributed by atoms with van der Waals surface area (Å²) in [6.45, 7) is 1.94. The van der Waals surface area contributed by atoms with E-state index in [1.54, 1.807) is 12.1 Å². The van der Waals surface area contributed by atoms with Crippen molar-refractivity contribution >= 4 is 32.2 Å². The number of primary sulfonamides is 1.